The zero-order chi connectivity index (χ0) is 17.8. The van der Waals surface area contributed by atoms with E-state index in [1.807, 2.05) is 62.4 Å². The van der Waals surface area contributed by atoms with Crippen LogP contribution in [0.4, 0.5) is 0 Å². The average molecular weight is 335 g/mol. The maximum Gasteiger partial charge on any atom is 0.275 e. The van der Waals surface area contributed by atoms with Gasteiger partial charge in [0.15, 0.2) is 0 Å². The Morgan fingerprint density at radius 2 is 1.76 bits per heavy atom. The summed E-state index contributed by atoms with van der Waals surface area (Å²) in [5, 5.41) is 5.50. The van der Waals surface area contributed by atoms with Crippen LogP contribution < -0.4 is 5.56 Å². The molecule has 0 saturated carbocycles. The Morgan fingerprint density at radius 1 is 1.08 bits per heavy atom. The predicted molar refractivity (Wildman–Crippen MR) is 98.1 cm³/mol. The van der Waals surface area contributed by atoms with Gasteiger partial charge in [-0.2, -0.15) is 5.10 Å². The quantitative estimate of drug-likeness (QED) is 0.720. The standard InChI is InChI=1S/C20H21N3O2/c1-15(2)22(13-16-8-4-3-5-9-16)19(24)14-23-20(25)18-11-7-6-10-17(18)12-21-23/h3-12,15H,13-14H2,1-2H3. The number of aromatic nitrogens is 2. The second-order valence-corrected chi connectivity index (χ2v) is 6.30. The van der Waals surface area contributed by atoms with E-state index in [9.17, 15) is 9.59 Å². The van der Waals surface area contributed by atoms with Crippen LogP contribution in [0, 0.1) is 0 Å². The van der Waals surface area contributed by atoms with E-state index in [0.29, 0.717) is 11.9 Å². The summed E-state index contributed by atoms with van der Waals surface area (Å²) in [6.07, 6.45) is 1.63. The number of rotatable bonds is 5. The van der Waals surface area contributed by atoms with Crippen molar-refractivity contribution in [3.63, 3.8) is 0 Å². The van der Waals surface area contributed by atoms with E-state index in [1.165, 1.54) is 4.68 Å². The first-order chi connectivity index (χ1) is 12.1. The Bertz CT molecular complexity index is 932. The van der Waals surface area contributed by atoms with Crippen LogP contribution >= 0.6 is 0 Å². The van der Waals surface area contributed by atoms with Crippen molar-refractivity contribution in [2.45, 2.75) is 33.0 Å². The summed E-state index contributed by atoms with van der Waals surface area (Å²) in [4.78, 5) is 27.1. The summed E-state index contributed by atoms with van der Waals surface area (Å²) in [5.41, 5.74) is 0.818. The molecule has 0 atom stereocenters. The molecule has 1 aromatic heterocycles. The van der Waals surface area contributed by atoms with Crippen LogP contribution in [0.15, 0.2) is 65.6 Å². The molecule has 5 nitrogen and oxygen atoms in total. The van der Waals surface area contributed by atoms with E-state index in [4.69, 9.17) is 0 Å². The van der Waals surface area contributed by atoms with Crippen LogP contribution in [0.25, 0.3) is 10.8 Å². The smallest absolute Gasteiger partial charge is 0.275 e. The summed E-state index contributed by atoms with van der Waals surface area (Å²) in [7, 11) is 0. The van der Waals surface area contributed by atoms with Crippen LogP contribution in [0.5, 0.6) is 0 Å². The molecule has 0 aliphatic carbocycles. The lowest BCUT2D eigenvalue weighted by atomic mass is 10.2. The molecule has 0 aliphatic rings. The summed E-state index contributed by atoms with van der Waals surface area (Å²) >= 11 is 0. The minimum Gasteiger partial charge on any atom is -0.334 e. The third kappa shape index (κ3) is 3.76. The molecule has 3 aromatic rings. The molecule has 0 saturated heterocycles. The van der Waals surface area contributed by atoms with Crippen molar-refractivity contribution in [2.75, 3.05) is 0 Å². The molecule has 25 heavy (non-hydrogen) atoms. The third-order valence-electron chi connectivity index (χ3n) is 4.19. The molecule has 0 unspecified atom stereocenters. The van der Waals surface area contributed by atoms with Crippen LogP contribution in [-0.4, -0.2) is 26.6 Å². The number of nitrogens with zero attached hydrogens (tertiary/aromatic N) is 3. The highest BCUT2D eigenvalue weighted by Gasteiger charge is 2.19. The van der Waals surface area contributed by atoms with Gasteiger partial charge < -0.3 is 4.90 Å². The second-order valence-electron chi connectivity index (χ2n) is 6.30. The molecule has 5 heteroatoms. The van der Waals surface area contributed by atoms with Gasteiger partial charge in [-0.25, -0.2) is 4.68 Å². The minimum absolute atomic E-state index is 0.0314. The summed E-state index contributed by atoms with van der Waals surface area (Å²) in [5.74, 6) is -0.122. The van der Waals surface area contributed by atoms with Gasteiger partial charge >= 0.3 is 0 Å². The number of hydrogen-bond donors (Lipinski definition) is 0. The molecule has 128 valence electrons. The van der Waals surface area contributed by atoms with Gasteiger partial charge in [0.25, 0.3) is 5.56 Å². The van der Waals surface area contributed by atoms with Crippen LogP contribution in [0.1, 0.15) is 19.4 Å². The van der Waals surface area contributed by atoms with Gasteiger partial charge in [0.2, 0.25) is 5.91 Å². The van der Waals surface area contributed by atoms with E-state index < -0.39 is 0 Å². The highest BCUT2D eigenvalue weighted by Crippen LogP contribution is 2.10. The Labute approximate surface area is 146 Å². The molecule has 0 radical (unpaired) electrons. The van der Waals surface area contributed by atoms with Crippen LogP contribution in [0.2, 0.25) is 0 Å². The maximum atomic E-state index is 12.8. The number of carbonyl (C=O) groups is 1. The molecule has 0 aliphatic heterocycles. The van der Waals surface area contributed by atoms with E-state index in [-0.39, 0.29) is 24.1 Å². The van der Waals surface area contributed by atoms with Gasteiger partial charge in [-0.05, 0) is 25.5 Å². The summed E-state index contributed by atoms with van der Waals surface area (Å²) in [6.45, 7) is 4.39. The molecular formula is C20H21N3O2. The highest BCUT2D eigenvalue weighted by atomic mass is 16.2. The molecule has 0 fully saturated rings. The minimum atomic E-state index is -0.241. The number of carbonyl (C=O) groups excluding carboxylic acids is 1. The maximum absolute atomic E-state index is 12.8. The van der Waals surface area contributed by atoms with E-state index in [0.717, 1.165) is 10.9 Å². The van der Waals surface area contributed by atoms with Crippen molar-refractivity contribution in [3.05, 3.63) is 76.7 Å². The fraction of sp³-hybridized carbons (Fsp3) is 0.250. The van der Waals surface area contributed by atoms with Crippen molar-refractivity contribution in [1.29, 1.82) is 0 Å². The molecule has 0 N–H and O–H groups in total. The van der Waals surface area contributed by atoms with Crippen molar-refractivity contribution < 1.29 is 4.79 Å². The number of amides is 1. The number of fused-ring (bicyclic) bond motifs is 1. The monoisotopic (exact) mass is 335 g/mol. The van der Waals surface area contributed by atoms with Gasteiger partial charge in [0.05, 0.1) is 11.6 Å². The Balaban J connectivity index is 1.84. The Hall–Kier alpha value is -2.95. The average Bonchev–Trinajstić information content (AvgIpc) is 2.63. The van der Waals surface area contributed by atoms with Crippen LogP contribution in [0.3, 0.4) is 0 Å². The van der Waals surface area contributed by atoms with Gasteiger partial charge in [-0.1, -0.05) is 48.5 Å². The van der Waals surface area contributed by atoms with E-state index >= 15 is 0 Å². The molecule has 2 aromatic carbocycles. The van der Waals surface area contributed by atoms with E-state index in [2.05, 4.69) is 5.10 Å². The lowest BCUT2D eigenvalue weighted by molar-refractivity contribution is -0.134. The van der Waals surface area contributed by atoms with E-state index in [1.54, 1.807) is 17.2 Å². The molecule has 0 spiro atoms. The topological polar surface area (TPSA) is 55.2 Å². The summed E-state index contributed by atoms with van der Waals surface area (Å²) < 4.78 is 1.24. The van der Waals surface area contributed by atoms with Gasteiger partial charge in [0.1, 0.15) is 6.54 Å². The van der Waals surface area contributed by atoms with Crippen LogP contribution in [-0.2, 0) is 17.9 Å². The first-order valence-electron chi connectivity index (χ1n) is 8.34. The SMILES string of the molecule is CC(C)N(Cc1ccccc1)C(=O)Cn1ncc2ccccc2c1=O. The first kappa shape index (κ1) is 16.9. The lowest BCUT2D eigenvalue weighted by Gasteiger charge is -2.27. The number of benzene rings is 2. The highest BCUT2D eigenvalue weighted by molar-refractivity contribution is 5.81. The molecule has 3 rings (SSSR count). The van der Waals surface area contributed by atoms with Gasteiger partial charge in [-0.15, -0.1) is 0 Å². The molecule has 0 bridgehead atoms. The number of hydrogen-bond acceptors (Lipinski definition) is 3. The zero-order valence-corrected chi connectivity index (χ0v) is 14.4. The molecular weight excluding hydrogens is 314 g/mol. The third-order valence-corrected chi connectivity index (χ3v) is 4.19. The zero-order valence-electron chi connectivity index (χ0n) is 14.4. The van der Waals surface area contributed by atoms with Crippen molar-refractivity contribution in [2.24, 2.45) is 0 Å². The molecule has 1 amide bonds. The first-order valence-corrected chi connectivity index (χ1v) is 8.34. The van der Waals surface area contributed by atoms with Gasteiger partial charge in [0, 0.05) is 18.0 Å². The fourth-order valence-corrected chi connectivity index (χ4v) is 2.80. The van der Waals surface area contributed by atoms with Crippen molar-refractivity contribution in [1.82, 2.24) is 14.7 Å². The lowest BCUT2D eigenvalue weighted by Crippen LogP contribution is -2.40. The largest absolute Gasteiger partial charge is 0.334 e. The Morgan fingerprint density at radius 3 is 2.48 bits per heavy atom. The normalized spacial score (nSPS) is 11.0. The molecule has 1 heterocycles. The Kier molecular flexibility index (Phi) is 4.93. The fourth-order valence-electron chi connectivity index (χ4n) is 2.80. The predicted octanol–water partition coefficient (Wildman–Crippen LogP) is 2.83. The van der Waals surface area contributed by atoms with Crippen molar-refractivity contribution >= 4 is 16.7 Å². The summed E-state index contributed by atoms with van der Waals surface area (Å²) in [6, 6.07) is 17.1. The second kappa shape index (κ2) is 7.30. The van der Waals surface area contributed by atoms with Gasteiger partial charge in [-0.3, -0.25) is 9.59 Å². The van der Waals surface area contributed by atoms with Crippen molar-refractivity contribution in [3.8, 4) is 0 Å².